The van der Waals surface area contributed by atoms with Gasteiger partial charge in [0, 0.05) is 25.0 Å². The molecule has 4 nitrogen and oxygen atoms in total. The number of carbonyl (C=O) groups is 1. The fourth-order valence-electron chi connectivity index (χ4n) is 2.92. The second kappa shape index (κ2) is 7.99. The molecule has 1 saturated heterocycles. The lowest BCUT2D eigenvalue weighted by molar-refractivity contribution is -0.121. The van der Waals surface area contributed by atoms with Crippen molar-refractivity contribution < 1.29 is 4.79 Å². The number of piperidine rings is 1. The van der Waals surface area contributed by atoms with Crippen LogP contribution in [0.4, 0.5) is 0 Å². The van der Waals surface area contributed by atoms with Crippen LogP contribution in [-0.2, 0) is 4.79 Å². The maximum atomic E-state index is 11.9. The van der Waals surface area contributed by atoms with E-state index in [1.54, 1.807) is 0 Å². The lowest BCUT2D eigenvalue weighted by Crippen LogP contribution is -2.45. The number of hydrogen-bond donors (Lipinski definition) is 2. The molecule has 4 heteroatoms. The van der Waals surface area contributed by atoms with E-state index >= 15 is 0 Å². The smallest absolute Gasteiger partial charge is 0.221 e. The predicted molar refractivity (Wildman–Crippen MR) is 84.6 cm³/mol. The minimum absolute atomic E-state index is 0.0414. The van der Waals surface area contributed by atoms with Gasteiger partial charge in [-0.2, -0.15) is 0 Å². The molecule has 0 spiro atoms. The van der Waals surface area contributed by atoms with Crippen LogP contribution >= 0.6 is 0 Å². The summed E-state index contributed by atoms with van der Waals surface area (Å²) in [6.45, 7) is 11.7. The first-order chi connectivity index (χ1) is 9.28. The first-order valence-corrected chi connectivity index (χ1v) is 8.04. The van der Waals surface area contributed by atoms with Gasteiger partial charge in [0.2, 0.25) is 5.91 Å². The second-order valence-corrected chi connectivity index (χ2v) is 7.48. The van der Waals surface area contributed by atoms with Crippen LogP contribution in [-0.4, -0.2) is 42.5 Å². The summed E-state index contributed by atoms with van der Waals surface area (Å²) < 4.78 is 0. The third kappa shape index (κ3) is 7.25. The van der Waals surface area contributed by atoms with Gasteiger partial charge in [-0.25, -0.2) is 0 Å². The second-order valence-electron chi connectivity index (χ2n) is 7.48. The Kier molecular flexibility index (Phi) is 6.96. The molecule has 1 aliphatic rings. The average molecular weight is 283 g/mol. The van der Waals surface area contributed by atoms with Crippen molar-refractivity contribution in [1.29, 1.82) is 0 Å². The summed E-state index contributed by atoms with van der Waals surface area (Å²) in [5.74, 6) is 0.0885. The van der Waals surface area contributed by atoms with Crippen molar-refractivity contribution in [2.24, 2.45) is 11.1 Å². The van der Waals surface area contributed by atoms with Crippen molar-refractivity contribution in [2.45, 2.75) is 71.9 Å². The number of likely N-dealkylation sites (tertiary alicyclic amines) is 1. The molecule has 118 valence electrons. The van der Waals surface area contributed by atoms with E-state index < -0.39 is 0 Å². The van der Waals surface area contributed by atoms with Crippen LogP contribution in [0.15, 0.2) is 0 Å². The lowest BCUT2D eigenvalue weighted by Gasteiger charge is -2.32. The largest absolute Gasteiger partial charge is 0.354 e. The number of hydrogen-bond acceptors (Lipinski definition) is 3. The Balaban J connectivity index is 2.21. The van der Waals surface area contributed by atoms with Gasteiger partial charge in [0.25, 0.3) is 0 Å². The Hall–Kier alpha value is -0.610. The Morgan fingerprint density at radius 3 is 2.40 bits per heavy atom. The highest BCUT2D eigenvalue weighted by Crippen LogP contribution is 2.21. The number of rotatable bonds is 6. The van der Waals surface area contributed by atoms with E-state index in [4.69, 9.17) is 5.73 Å². The van der Waals surface area contributed by atoms with Crippen LogP contribution < -0.4 is 11.1 Å². The maximum Gasteiger partial charge on any atom is 0.221 e. The predicted octanol–water partition coefficient (Wildman–Crippen LogP) is 2.13. The molecule has 1 rings (SSSR count). The minimum atomic E-state index is -0.0414. The van der Waals surface area contributed by atoms with Crippen molar-refractivity contribution in [3.63, 3.8) is 0 Å². The van der Waals surface area contributed by atoms with Gasteiger partial charge in [0.1, 0.15) is 0 Å². The molecule has 0 bridgehead atoms. The number of nitrogens with two attached hydrogens (primary N) is 1. The Bertz CT molecular complexity index is 293. The minimum Gasteiger partial charge on any atom is -0.354 e. The fraction of sp³-hybridized carbons (Fsp3) is 0.938. The zero-order valence-corrected chi connectivity index (χ0v) is 13.7. The van der Waals surface area contributed by atoms with E-state index in [1.807, 2.05) is 0 Å². The van der Waals surface area contributed by atoms with Crippen LogP contribution in [0.25, 0.3) is 0 Å². The quantitative estimate of drug-likeness (QED) is 0.785. The van der Waals surface area contributed by atoms with E-state index in [0.717, 1.165) is 13.0 Å². The summed E-state index contributed by atoms with van der Waals surface area (Å²) in [6, 6.07) is 0.387. The first kappa shape index (κ1) is 17.4. The van der Waals surface area contributed by atoms with Crippen LogP contribution in [0.5, 0.6) is 0 Å². The summed E-state index contributed by atoms with van der Waals surface area (Å²) in [5, 5.41) is 3.04. The van der Waals surface area contributed by atoms with Gasteiger partial charge in [-0.05, 0) is 44.7 Å². The van der Waals surface area contributed by atoms with Crippen molar-refractivity contribution in [3.8, 4) is 0 Å². The third-order valence-electron chi connectivity index (χ3n) is 3.93. The molecule has 3 N–H and O–H groups in total. The number of nitrogens with zero attached hydrogens (tertiary/aromatic N) is 1. The van der Waals surface area contributed by atoms with Gasteiger partial charge >= 0.3 is 0 Å². The Labute approximate surface area is 124 Å². The average Bonchev–Trinajstić information content (AvgIpc) is 2.34. The molecular formula is C16H33N3O. The molecule has 0 aromatic heterocycles. The maximum absolute atomic E-state index is 11.9. The summed E-state index contributed by atoms with van der Waals surface area (Å²) in [5.41, 5.74) is 6.22. The van der Waals surface area contributed by atoms with E-state index in [0.29, 0.717) is 12.5 Å². The highest BCUT2D eigenvalue weighted by atomic mass is 16.1. The highest BCUT2D eigenvalue weighted by molar-refractivity contribution is 5.76. The van der Waals surface area contributed by atoms with Crippen LogP contribution in [0.2, 0.25) is 0 Å². The van der Waals surface area contributed by atoms with Gasteiger partial charge in [-0.3, -0.25) is 9.69 Å². The molecule has 0 aliphatic carbocycles. The highest BCUT2D eigenvalue weighted by Gasteiger charge is 2.20. The molecule has 1 heterocycles. The van der Waals surface area contributed by atoms with Gasteiger partial charge in [0.05, 0.1) is 0 Å². The zero-order chi connectivity index (χ0) is 15.2. The van der Waals surface area contributed by atoms with E-state index in [2.05, 4.69) is 37.9 Å². The fourth-order valence-corrected chi connectivity index (χ4v) is 2.92. The van der Waals surface area contributed by atoms with E-state index in [1.165, 1.54) is 32.4 Å². The number of amides is 1. The monoisotopic (exact) mass is 283 g/mol. The van der Waals surface area contributed by atoms with Gasteiger partial charge in [0.15, 0.2) is 0 Å². The summed E-state index contributed by atoms with van der Waals surface area (Å²) >= 11 is 0. The van der Waals surface area contributed by atoms with Crippen molar-refractivity contribution in [3.05, 3.63) is 0 Å². The molecule has 0 radical (unpaired) electrons. The molecule has 0 aromatic rings. The molecule has 2 unspecified atom stereocenters. The summed E-state index contributed by atoms with van der Waals surface area (Å²) in [4.78, 5) is 14.4. The van der Waals surface area contributed by atoms with Gasteiger partial charge < -0.3 is 11.1 Å². The van der Waals surface area contributed by atoms with Crippen LogP contribution in [0.1, 0.15) is 59.8 Å². The van der Waals surface area contributed by atoms with E-state index in [-0.39, 0.29) is 17.4 Å². The summed E-state index contributed by atoms with van der Waals surface area (Å²) in [6.07, 6.45) is 5.23. The van der Waals surface area contributed by atoms with E-state index in [9.17, 15) is 4.79 Å². The number of carbonyl (C=O) groups excluding carboxylic acids is 1. The lowest BCUT2D eigenvalue weighted by atomic mass is 9.87. The molecule has 2 atom stereocenters. The standard InChI is InChI=1S/C16H33N3O/c1-13(19-8-6-5-7-9-19)12-18-15(20)10-14(17)11-16(2,3)4/h13-14H,5-12,17H2,1-4H3,(H,18,20). The SMILES string of the molecule is CC(CNC(=O)CC(N)CC(C)(C)C)N1CCCCC1. The van der Waals surface area contributed by atoms with Crippen molar-refractivity contribution in [2.75, 3.05) is 19.6 Å². The van der Waals surface area contributed by atoms with Crippen molar-refractivity contribution in [1.82, 2.24) is 10.2 Å². The normalized spacial score (nSPS) is 20.4. The molecular weight excluding hydrogens is 250 g/mol. The molecule has 1 fully saturated rings. The Morgan fingerprint density at radius 2 is 1.85 bits per heavy atom. The van der Waals surface area contributed by atoms with Gasteiger partial charge in [-0.1, -0.05) is 27.2 Å². The molecule has 0 saturated carbocycles. The molecule has 0 aromatic carbocycles. The first-order valence-electron chi connectivity index (χ1n) is 8.04. The summed E-state index contributed by atoms with van der Waals surface area (Å²) in [7, 11) is 0. The van der Waals surface area contributed by atoms with Crippen molar-refractivity contribution >= 4 is 5.91 Å². The number of nitrogens with one attached hydrogen (secondary N) is 1. The Morgan fingerprint density at radius 1 is 1.25 bits per heavy atom. The third-order valence-corrected chi connectivity index (χ3v) is 3.93. The topological polar surface area (TPSA) is 58.4 Å². The van der Waals surface area contributed by atoms with Crippen LogP contribution in [0.3, 0.4) is 0 Å². The molecule has 1 aliphatic heterocycles. The van der Waals surface area contributed by atoms with Crippen LogP contribution in [0, 0.1) is 5.41 Å². The zero-order valence-electron chi connectivity index (χ0n) is 13.7. The molecule has 20 heavy (non-hydrogen) atoms. The molecule has 1 amide bonds. The van der Waals surface area contributed by atoms with Gasteiger partial charge in [-0.15, -0.1) is 0 Å².